The summed E-state index contributed by atoms with van der Waals surface area (Å²) in [5, 5.41) is 0. The molecule has 4 rings (SSSR count). The molecular weight excluding hydrogens is 312 g/mol. The monoisotopic (exact) mass is 336 g/mol. The lowest BCUT2D eigenvalue weighted by Gasteiger charge is -2.26. The lowest BCUT2D eigenvalue weighted by atomic mass is 9.86. The summed E-state index contributed by atoms with van der Waals surface area (Å²) in [5.74, 6) is 0.537. The van der Waals surface area contributed by atoms with Gasteiger partial charge in [0.1, 0.15) is 0 Å². The van der Waals surface area contributed by atoms with Crippen LogP contribution in [0.1, 0.15) is 31.2 Å². The molecule has 0 radical (unpaired) electrons. The molecule has 1 aromatic carbocycles. The van der Waals surface area contributed by atoms with Gasteiger partial charge in [0.2, 0.25) is 0 Å². The predicted octanol–water partition coefficient (Wildman–Crippen LogP) is 2.76. The van der Waals surface area contributed by atoms with E-state index < -0.39 is 0 Å². The van der Waals surface area contributed by atoms with Crippen LogP contribution in [0.4, 0.5) is 0 Å². The summed E-state index contributed by atoms with van der Waals surface area (Å²) in [6.45, 7) is 1.34. The van der Waals surface area contributed by atoms with Crippen LogP contribution in [-0.2, 0) is 13.1 Å². The molecule has 0 amide bonds. The van der Waals surface area contributed by atoms with Crippen molar-refractivity contribution in [1.29, 1.82) is 0 Å². The van der Waals surface area contributed by atoms with Gasteiger partial charge in [-0.1, -0.05) is 18.2 Å². The summed E-state index contributed by atoms with van der Waals surface area (Å²) in [6.07, 6.45) is 7.91. The zero-order valence-electron chi connectivity index (χ0n) is 14.3. The van der Waals surface area contributed by atoms with Crippen molar-refractivity contribution in [2.45, 2.75) is 44.8 Å². The Kier molecular flexibility index (Phi) is 4.40. The Labute approximate surface area is 147 Å². The van der Waals surface area contributed by atoms with Crippen molar-refractivity contribution >= 4 is 11.0 Å². The number of aromatic nitrogens is 3. The van der Waals surface area contributed by atoms with Gasteiger partial charge in [-0.05, 0) is 55.4 Å². The van der Waals surface area contributed by atoms with Gasteiger partial charge >= 0.3 is 5.69 Å². The number of fused-ring (bicyclic) bond motifs is 1. The fraction of sp³-hybridized carbons (Fsp3) is 0.400. The van der Waals surface area contributed by atoms with Crippen molar-refractivity contribution in [1.82, 2.24) is 14.1 Å². The highest BCUT2D eigenvalue weighted by Gasteiger charge is 2.21. The van der Waals surface area contributed by atoms with Gasteiger partial charge in [0, 0.05) is 25.0 Å². The van der Waals surface area contributed by atoms with Crippen molar-refractivity contribution in [2.24, 2.45) is 11.7 Å². The van der Waals surface area contributed by atoms with Crippen LogP contribution in [0.15, 0.2) is 53.6 Å². The maximum Gasteiger partial charge on any atom is 0.329 e. The number of nitrogens with zero attached hydrogens (tertiary/aromatic N) is 3. The zero-order chi connectivity index (χ0) is 17.2. The lowest BCUT2D eigenvalue weighted by molar-refractivity contribution is 0.294. The first-order chi connectivity index (χ1) is 12.2. The topological polar surface area (TPSA) is 65.8 Å². The normalized spacial score (nSPS) is 20.8. The first kappa shape index (κ1) is 16.1. The van der Waals surface area contributed by atoms with Crippen LogP contribution in [0.5, 0.6) is 0 Å². The minimum atomic E-state index is 0.0694. The Hall–Kier alpha value is -2.40. The van der Waals surface area contributed by atoms with Gasteiger partial charge in [0.25, 0.3) is 0 Å². The number of pyridine rings is 1. The summed E-state index contributed by atoms with van der Waals surface area (Å²) in [6, 6.07) is 12.3. The third-order valence-electron chi connectivity index (χ3n) is 5.32. The van der Waals surface area contributed by atoms with Gasteiger partial charge in [-0.2, -0.15) is 0 Å². The molecule has 3 aromatic rings. The molecule has 0 spiro atoms. The molecule has 2 heterocycles. The van der Waals surface area contributed by atoms with Crippen LogP contribution in [0.2, 0.25) is 0 Å². The molecule has 5 heteroatoms. The number of imidazole rings is 1. The van der Waals surface area contributed by atoms with Gasteiger partial charge in [0.15, 0.2) is 0 Å². The Balaban J connectivity index is 1.70. The highest BCUT2D eigenvalue weighted by Crippen LogP contribution is 2.25. The third-order valence-corrected chi connectivity index (χ3v) is 5.32. The third kappa shape index (κ3) is 3.24. The Bertz CT molecular complexity index is 904. The van der Waals surface area contributed by atoms with Crippen LogP contribution in [0, 0.1) is 5.92 Å². The largest absolute Gasteiger partial charge is 0.329 e. The first-order valence-corrected chi connectivity index (χ1v) is 9.05. The predicted molar refractivity (Wildman–Crippen MR) is 99.5 cm³/mol. The van der Waals surface area contributed by atoms with Crippen molar-refractivity contribution in [3.63, 3.8) is 0 Å². The number of hydrogen-bond acceptors (Lipinski definition) is 3. The minimum absolute atomic E-state index is 0.0694. The Morgan fingerprint density at radius 2 is 1.72 bits per heavy atom. The average Bonchev–Trinajstić information content (AvgIpc) is 2.90. The number of para-hydroxylation sites is 2. The molecule has 130 valence electrons. The highest BCUT2D eigenvalue weighted by molar-refractivity contribution is 5.76. The molecule has 0 bridgehead atoms. The second-order valence-electron chi connectivity index (χ2n) is 7.11. The van der Waals surface area contributed by atoms with Crippen molar-refractivity contribution in [2.75, 3.05) is 0 Å². The summed E-state index contributed by atoms with van der Waals surface area (Å²) in [4.78, 5) is 17.3. The zero-order valence-corrected chi connectivity index (χ0v) is 14.3. The molecule has 2 aromatic heterocycles. The summed E-state index contributed by atoms with van der Waals surface area (Å²) in [7, 11) is 0. The fourth-order valence-corrected chi connectivity index (χ4v) is 3.90. The van der Waals surface area contributed by atoms with Crippen LogP contribution in [-0.4, -0.2) is 20.2 Å². The molecule has 2 N–H and O–H groups in total. The summed E-state index contributed by atoms with van der Waals surface area (Å²) < 4.78 is 3.81. The number of benzene rings is 1. The maximum atomic E-state index is 13.1. The summed E-state index contributed by atoms with van der Waals surface area (Å²) in [5.41, 5.74) is 9.14. The second kappa shape index (κ2) is 6.84. The van der Waals surface area contributed by atoms with Crippen LogP contribution < -0.4 is 11.4 Å². The van der Waals surface area contributed by atoms with Crippen LogP contribution >= 0.6 is 0 Å². The lowest BCUT2D eigenvalue weighted by Crippen LogP contribution is -2.31. The molecular formula is C20H24N4O. The van der Waals surface area contributed by atoms with Crippen molar-refractivity contribution < 1.29 is 0 Å². The quantitative estimate of drug-likeness (QED) is 0.797. The smallest absolute Gasteiger partial charge is 0.328 e. The molecule has 1 aliphatic carbocycles. The van der Waals surface area contributed by atoms with Gasteiger partial charge in [-0.25, -0.2) is 4.79 Å². The SMILES string of the molecule is N[C@H]1CC[C@H](Cn2c(=O)n(Cc3cccnc3)c3ccccc32)CC1. The molecule has 5 nitrogen and oxygen atoms in total. The first-order valence-electron chi connectivity index (χ1n) is 9.05. The molecule has 1 saturated carbocycles. The van der Waals surface area contributed by atoms with Crippen molar-refractivity contribution in [3.8, 4) is 0 Å². The van der Waals surface area contributed by atoms with E-state index in [1.165, 1.54) is 0 Å². The van der Waals surface area contributed by atoms with Gasteiger partial charge in [0.05, 0.1) is 17.6 Å². The average molecular weight is 336 g/mol. The molecule has 0 unspecified atom stereocenters. The molecule has 1 aliphatic rings. The fourth-order valence-electron chi connectivity index (χ4n) is 3.90. The van der Waals surface area contributed by atoms with Gasteiger partial charge < -0.3 is 5.73 Å². The van der Waals surface area contributed by atoms with Crippen LogP contribution in [0.3, 0.4) is 0 Å². The Morgan fingerprint density at radius 3 is 2.40 bits per heavy atom. The Morgan fingerprint density at radius 1 is 1.00 bits per heavy atom. The molecule has 25 heavy (non-hydrogen) atoms. The van der Waals surface area contributed by atoms with E-state index in [-0.39, 0.29) is 5.69 Å². The minimum Gasteiger partial charge on any atom is -0.328 e. The van der Waals surface area contributed by atoms with E-state index in [1.54, 1.807) is 6.20 Å². The molecule has 0 atom stereocenters. The highest BCUT2D eigenvalue weighted by atomic mass is 16.1. The van der Waals surface area contributed by atoms with E-state index >= 15 is 0 Å². The van der Waals surface area contributed by atoms with E-state index in [1.807, 2.05) is 51.7 Å². The standard InChI is InChI=1S/C20H24N4O/c21-17-9-7-15(8-10-17)13-23-18-5-1-2-6-19(18)24(20(23)25)14-16-4-3-11-22-12-16/h1-6,11-12,15,17H,7-10,13-14,21H2/t15-,17-. The van der Waals surface area contributed by atoms with E-state index in [0.29, 0.717) is 18.5 Å². The second-order valence-corrected chi connectivity index (χ2v) is 7.11. The number of rotatable bonds is 4. The number of hydrogen-bond donors (Lipinski definition) is 1. The van der Waals surface area contributed by atoms with E-state index in [4.69, 9.17) is 5.73 Å². The molecule has 0 saturated heterocycles. The summed E-state index contributed by atoms with van der Waals surface area (Å²) >= 11 is 0. The van der Waals surface area contributed by atoms with E-state index in [2.05, 4.69) is 4.98 Å². The molecule has 0 aliphatic heterocycles. The van der Waals surface area contributed by atoms with E-state index in [0.717, 1.165) is 48.8 Å². The van der Waals surface area contributed by atoms with Gasteiger partial charge in [-0.15, -0.1) is 0 Å². The van der Waals surface area contributed by atoms with Crippen molar-refractivity contribution in [3.05, 3.63) is 64.8 Å². The van der Waals surface area contributed by atoms with Gasteiger partial charge in [-0.3, -0.25) is 14.1 Å². The molecule has 1 fully saturated rings. The van der Waals surface area contributed by atoms with E-state index in [9.17, 15) is 4.79 Å². The van der Waals surface area contributed by atoms with Crippen LogP contribution in [0.25, 0.3) is 11.0 Å². The number of nitrogens with two attached hydrogens (primary N) is 1. The maximum absolute atomic E-state index is 13.1.